The van der Waals surface area contributed by atoms with Crippen LogP contribution < -0.4 is 0 Å². The summed E-state index contributed by atoms with van der Waals surface area (Å²) in [5, 5.41) is 17.3. The van der Waals surface area contributed by atoms with Crippen molar-refractivity contribution >= 4 is 5.97 Å². The van der Waals surface area contributed by atoms with Gasteiger partial charge in [0.2, 0.25) is 0 Å². The van der Waals surface area contributed by atoms with Crippen LogP contribution in [0.5, 0.6) is 0 Å². The minimum atomic E-state index is -1.15. The highest BCUT2D eigenvalue weighted by molar-refractivity contribution is 5.90. The molecule has 15 heavy (non-hydrogen) atoms. The number of carboxylic acids is 1. The molecule has 1 rings (SSSR count). The van der Waals surface area contributed by atoms with Gasteiger partial charge >= 0.3 is 5.97 Å². The summed E-state index contributed by atoms with van der Waals surface area (Å²) in [5.74, 6) is 3.37. The second-order valence-corrected chi connectivity index (χ2v) is 2.77. The summed E-state index contributed by atoms with van der Waals surface area (Å²) in [6.07, 6.45) is 0.232. The first kappa shape index (κ1) is 11.2. The third-order valence-electron chi connectivity index (χ3n) is 1.67. The zero-order valence-corrected chi connectivity index (χ0v) is 7.83. The van der Waals surface area contributed by atoms with Crippen LogP contribution in [0.4, 0.5) is 4.39 Å². The predicted molar refractivity (Wildman–Crippen MR) is 51.9 cm³/mol. The van der Waals surface area contributed by atoms with E-state index < -0.39 is 11.8 Å². The number of hydrogen-bond donors (Lipinski definition) is 2. The van der Waals surface area contributed by atoms with Crippen molar-refractivity contribution in [3.63, 3.8) is 0 Å². The average molecular weight is 208 g/mol. The first-order valence-corrected chi connectivity index (χ1v) is 4.27. The van der Waals surface area contributed by atoms with E-state index in [1.165, 1.54) is 6.07 Å². The first-order valence-electron chi connectivity index (χ1n) is 4.27. The van der Waals surface area contributed by atoms with Crippen molar-refractivity contribution in [2.24, 2.45) is 0 Å². The molecule has 0 amide bonds. The third kappa shape index (κ3) is 3.08. The van der Waals surface area contributed by atoms with Gasteiger partial charge in [0.05, 0.1) is 12.2 Å². The fraction of sp³-hybridized carbons (Fsp3) is 0.182. The maximum Gasteiger partial charge on any atom is 0.336 e. The molecule has 0 saturated heterocycles. The minimum absolute atomic E-state index is 0.0400. The van der Waals surface area contributed by atoms with Gasteiger partial charge in [0.25, 0.3) is 0 Å². The quantitative estimate of drug-likeness (QED) is 0.719. The van der Waals surface area contributed by atoms with Crippen molar-refractivity contribution in [3.8, 4) is 11.8 Å². The van der Waals surface area contributed by atoms with Gasteiger partial charge in [-0.05, 0) is 18.2 Å². The molecule has 0 aliphatic heterocycles. The Morgan fingerprint density at radius 3 is 2.80 bits per heavy atom. The highest BCUT2D eigenvalue weighted by Crippen LogP contribution is 2.10. The monoisotopic (exact) mass is 208 g/mol. The summed E-state index contributed by atoms with van der Waals surface area (Å²) < 4.78 is 12.8. The van der Waals surface area contributed by atoms with E-state index in [2.05, 4.69) is 11.8 Å². The normalized spacial score (nSPS) is 9.20. The lowest BCUT2D eigenvalue weighted by molar-refractivity contribution is 0.0696. The molecule has 1 aromatic rings. The second-order valence-electron chi connectivity index (χ2n) is 2.77. The molecule has 0 bridgehead atoms. The molecule has 0 unspecified atom stereocenters. The van der Waals surface area contributed by atoms with Crippen molar-refractivity contribution in [1.29, 1.82) is 0 Å². The summed E-state index contributed by atoms with van der Waals surface area (Å²) >= 11 is 0. The number of carboxylic acid groups (broad SMARTS) is 1. The highest BCUT2D eigenvalue weighted by Gasteiger charge is 2.08. The van der Waals surface area contributed by atoms with Crippen LogP contribution >= 0.6 is 0 Å². The van der Waals surface area contributed by atoms with Gasteiger partial charge in [-0.2, -0.15) is 0 Å². The highest BCUT2D eigenvalue weighted by atomic mass is 19.1. The molecular weight excluding hydrogens is 199 g/mol. The lowest BCUT2D eigenvalue weighted by Gasteiger charge is -1.98. The van der Waals surface area contributed by atoms with Gasteiger partial charge in [-0.15, -0.1) is 0 Å². The lowest BCUT2D eigenvalue weighted by atomic mass is 10.1. The standard InChI is InChI=1S/C11H9FO3/c12-9-4-5-10(11(14)15)8(7-9)3-1-2-6-13/h4-5,7,13H,2,6H2,(H,14,15). The third-order valence-corrected chi connectivity index (χ3v) is 1.67. The van der Waals surface area contributed by atoms with Crippen molar-refractivity contribution in [2.75, 3.05) is 6.61 Å². The summed E-state index contributed by atoms with van der Waals surface area (Å²) in [4.78, 5) is 10.7. The second kappa shape index (κ2) is 5.13. The van der Waals surface area contributed by atoms with Crippen LogP contribution in [0.2, 0.25) is 0 Å². The summed E-state index contributed by atoms with van der Waals surface area (Å²) in [6.45, 7) is -0.106. The Hall–Kier alpha value is -1.86. The van der Waals surface area contributed by atoms with Crippen LogP contribution in [-0.4, -0.2) is 22.8 Å². The zero-order chi connectivity index (χ0) is 11.3. The van der Waals surface area contributed by atoms with Crippen LogP contribution in [0, 0.1) is 17.7 Å². The van der Waals surface area contributed by atoms with Gasteiger partial charge < -0.3 is 10.2 Å². The number of aromatic carboxylic acids is 1. The molecule has 4 heteroatoms. The predicted octanol–water partition coefficient (Wildman–Crippen LogP) is 1.26. The minimum Gasteiger partial charge on any atom is -0.478 e. The summed E-state index contributed by atoms with van der Waals surface area (Å²) in [7, 11) is 0. The number of carbonyl (C=O) groups is 1. The molecule has 1 aromatic carbocycles. The molecule has 0 spiro atoms. The maximum absolute atomic E-state index is 12.8. The molecule has 0 aliphatic carbocycles. The molecule has 2 N–H and O–H groups in total. The molecule has 78 valence electrons. The Balaban J connectivity index is 3.09. The number of hydrogen-bond acceptors (Lipinski definition) is 2. The van der Waals surface area contributed by atoms with Crippen LogP contribution in [0.1, 0.15) is 22.3 Å². The molecule has 3 nitrogen and oxygen atoms in total. The molecule has 0 atom stereocenters. The topological polar surface area (TPSA) is 57.5 Å². The Morgan fingerprint density at radius 1 is 1.47 bits per heavy atom. The summed E-state index contributed by atoms with van der Waals surface area (Å²) in [6, 6.07) is 3.30. The van der Waals surface area contributed by atoms with Gasteiger partial charge in [-0.25, -0.2) is 9.18 Å². The Morgan fingerprint density at radius 2 is 2.20 bits per heavy atom. The number of rotatable bonds is 2. The van der Waals surface area contributed by atoms with Gasteiger partial charge in [-0.1, -0.05) is 11.8 Å². The average Bonchev–Trinajstić information content (AvgIpc) is 2.18. The van der Waals surface area contributed by atoms with E-state index in [1.807, 2.05) is 0 Å². The largest absolute Gasteiger partial charge is 0.478 e. The molecule has 0 heterocycles. The van der Waals surface area contributed by atoms with E-state index in [4.69, 9.17) is 10.2 Å². The van der Waals surface area contributed by atoms with Crippen LogP contribution in [0.25, 0.3) is 0 Å². The van der Waals surface area contributed by atoms with Crippen LogP contribution in [0.3, 0.4) is 0 Å². The SMILES string of the molecule is O=C(O)c1ccc(F)cc1C#CCCO. The fourth-order valence-corrected chi connectivity index (χ4v) is 1.02. The van der Waals surface area contributed by atoms with Crippen LogP contribution in [-0.2, 0) is 0 Å². The maximum atomic E-state index is 12.8. The van der Waals surface area contributed by atoms with E-state index in [0.717, 1.165) is 12.1 Å². The molecule has 0 aliphatic rings. The summed E-state index contributed by atoms with van der Waals surface area (Å²) in [5.41, 5.74) is 0.0813. The van der Waals surface area contributed by atoms with Crippen molar-refractivity contribution < 1.29 is 19.4 Å². The molecule has 0 fully saturated rings. The van der Waals surface area contributed by atoms with Gasteiger partial charge in [0.15, 0.2) is 0 Å². The van der Waals surface area contributed by atoms with Crippen LogP contribution in [0.15, 0.2) is 18.2 Å². The number of aliphatic hydroxyl groups is 1. The Kier molecular flexibility index (Phi) is 3.83. The van der Waals surface area contributed by atoms with Gasteiger partial charge in [-0.3, -0.25) is 0 Å². The smallest absolute Gasteiger partial charge is 0.336 e. The number of benzene rings is 1. The zero-order valence-electron chi connectivity index (χ0n) is 7.83. The fourth-order valence-electron chi connectivity index (χ4n) is 1.02. The molecule has 0 aromatic heterocycles. The Bertz CT molecular complexity index is 429. The molecule has 0 saturated carbocycles. The van der Waals surface area contributed by atoms with E-state index in [-0.39, 0.29) is 24.2 Å². The molecule has 0 radical (unpaired) electrons. The molecular formula is C11H9FO3. The number of halogens is 1. The van der Waals surface area contributed by atoms with Crippen molar-refractivity contribution in [1.82, 2.24) is 0 Å². The van der Waals surface area contributed by atoms with E-state index >= 15 is 0 Å². The number of aliphatic hydroxyl groups excluding tert-OH is 1. The van der Waals surface area contributed by atoms with Gasteiger partial charge in [0.1, 0.15) is 5.82 Å². The van der Waals surface area contributed by atoms with Crippen molar-refractivity contribution in [3.05, 3.63) is 35.1 Å². The lowest BCUT2D eigenvalue weighted by Crippen LogP contribution is -2.00. The van der Waals surface area contributed by atoms with E-state index in [9.17, 15) is 9.18 Å². The van der Waals surface area contributed by atoms with E-state index in [0.29, 0.717) is 0 Å². The first-order chi connectivity index (χ1) is 7.15. The Labute approximate surface area is 86.2 Å². The van der Waals surface area contributed by atoms with E-state index in [1.54, 1.807) is 0 Å². The van der Waals surface area contributed by atoms with Gasteiger partial charge in [0, 0.05) is 12.0 Å². The van der Waals surface area contributed by atoms with Crippen molar-refractivity contribution in [2.45, 2.75) is 6.42 Å².